The molecule has 0 fully saturated rings. The number of benzene rings is 2. The molecular formula is C18H18N2O3. The van der Waals surface area contributed by atoms with Crippen LogP contribution in [0.2, 0.25) is 0 Å². The number of amides is 1. The number of hydrogen-bond acceptors (Lipinski definition) is 4. The normalized spacial score (nSPS) is 11.3. The van der Waals surface area contributed by atoms with Crippen LogP contribution in [0.25, 0.3) is 0 Å². The Kier molecular flexibility index (Phi) is 5.73. The fourth-order valence-electron chi connectivity index (χ4n) is 2.04. The van der Waals surface area contributed by atoms with E-state index in [4.69, 9.17) is 10.00 Å². The molecule has 5 heteroatoms. The van der Waals surface area contributed by atoms with Crippen molar-refractivity contribution in [3.8, 4) is 11.8 Å². The summed E-state index contributed by atoms with van der Waals surface area (Å²) in [5.74, 6) is 0.280. The van der Waals surface area contributed by atoms with Crippen LogP contribution in [0, 0.1) is 18.3 Å². The maximum Gasteiger partial charge on any atom is 0.252 e. The first-order chi connectivity index (χ1) is 11.1. The third kappa shape index (κ3) is 4.83. The quantitative estimate of drug-likeness (QED) is 0.855. The lowest BCUT2D eigenvalue weighted by Crippen LogP contribution is -2.35. The maximum absolute atomic E-state index is 12.0. The number of aliphatic hydroxyl groups excluding tert-OH is 1. The zero-order valence-corrected chi connectivity index (χ0v) is 12.8. The zero-order chi connectivity index (χ0) is 16.7. The second-order valence-electron chi connectivity index (χ2n) is 5.15. The molecule has 23 heavy (non-hydrogen) atoms. The summed E-state index contributed by atoms with van der Waals surface area (Å²) in [6.07, 6.45) is -0.839. The molecule has 0 aliphatic heterocycles. The Bertz CT molecular complexity index is 722. The van der Waals surface area contributed by atoms with E-state index in [2.05, 4.69) is 5.32 Å². The van der Waals surface area contributed by atoms with Crippen molar-refractivity contribution in [3.05, 3.63) is 65.2 Å². The Labute approximate surface area is 135 Å². The van der Waals surface area contributed by atoms with E-state index in [0.29, 0.717) is 16.9 Å². The number of nitrogens with one attached hydrogen (secondary N) is 1. The molecule has 2 N–H and O–H groups in total. The van der Waals surface area contributed by atoms with E-state index < -0.39 is 12.0 Å². The van der Waals surface area contributed by atoms with Gasteiger partial charge in [0.1, 0.15) is 18.5 Å². The van der Waals surface area contributed by atoms with Gasteiger partial charge >= 0.3 is 0 Å². The van der Waals surface area contributed by atoms with E-state index in [1.54, 1.807) is 24.3 Å². The number of nitrogens with zero attached hydrogens (tertiary/aromatic N) is 1. The van der Waals surface area contributed by atoms with Crippen molar-refractivity contribution in [1.82, 2.24) is 5.32 Å². The lowest BCUT2D eigenvalue weighted by Gasteiger charge is -2.14. The minimum absolute atomic E-state index is 0.0460. The number of nitriles is 1. The highest BCUT2D eigenvalue weighted by Gasteiger charge is 2.12. The van der Waals surface area contributed by atoms with Crippen LogP contribution in [0.5, 0.6) is 5.75 Å². The number of carbonyl (C=O) groups excluding carboxylic acids is 1. The van der Waals surface area contributed by atoms with Gasteiger partial charge in [-0.05, 0) is 36.8 Å². The molecule has 2 aromatic rings. The maximum atomic E-state index is 12.0. The predicted molar refractivity (Wildman–Crippen MR) is 86.2 cm³/mol. The van der Waals surface area contributed by atoms with Gasteiger partial charge in [-0.25, -0.2) is 0 Å². The summed E-state index contributed by atoms with van der Waals surface area (Å²) in [7, 11) is 0. The molecule has 1 unspecified atom stereocenters. The van der Waals surface area contributed by atoms with Gasteiger partial charge in [0, 0.05) is 6.54 Å². The van der Waals surface area contributed by atoms with Crippen molar-refractivity contribution in [1.29, 1.82) is 5.26 Å². The third-order valence-corrected chi connectivity index (χ3v) is 3.22. The topological polar surface area (TPSA) is 82.3 Å². The molecule has 1 amide bonds. The van der Waals surface area contributed by atoms with Gasteiger partial charge in [-0.3, -0.25) is 4.79 Å². The summed E-state index contributed by atoms with van der Waals surface area (Å²) >= 11 is 0. The summed E-state index contributed by atoms with van der Waals surface area (Å²) in [4.78, 5) is 12.0. The number of aryl methyl sites for hydroxylation is 1. The average Bonchev–Trinajstić information content (AvgIpc) is 2.57. The molecule has 0 heterocycles. The first kappa shape index (κ1) is 16.5. The lowest BCUT2D eigenvalue weighted by atomic mass is 10.1. The minimum atomic E-state index is -0.839. The molecule has 2 rings (SSSR count). The second-order valence-corrected chi connectivity index (χ2v) is 5.15. The minimum Gasteiger partial charge on any atom is -0.491 e. The SMILES string of the molecule is Cc1cccc(OCC(O)CNC(=O)c2ccccc2C#N)c1. The van der Waals surface area contributed by atoms with E-state index in [1.165, 1.54) is 0 Å². The van der Waals surface area contributed by atoms with E-state index in [0.717, 1.165) is 5.56 Å². The Hall–Kier alpha value is -2.84. The third-order valence-electron chi connectivity index (χ3n) is 3.22. The van der Waals surface area contributed by atoms with Crippen LogP contribution in [-0.2, 0) is 0 Å². The lowest BCUT2D eigenvalue weighted by molar-refractivity contribution is 0.0843. The Morgan fingerprint density at radius 3 is 2.83 bits per heavy atom. The molecule has 1 atom stereocenters. The van der Waals surface area contributed by atoms with Crippen LogP contribution in [-0.4, -0.2) is 30.3 Å². The first-order valence-electron chi connectivity index (χ1n) is 7.25. The molecule has 0 aromatic heterocycles. The highest BCUT2D eigenvalue weighted by atomic mass is 16.5. The van der Waals surface area contributed by atoms with Gasteiger partial charge in [-0.1, -0.05) is 24.3 Å². The summed E-state index contributed by atoms with van der Waals surface area (Å²) in [6.45, 7) is 2.07. The van der Waals surface area contributed by atoms with E-state index >= 15 is 0 Å². The number of ether oxygens (including phenoxy) is 1. The van der Waals surface area contributed by atoms with Crippen molar-refractivity contribution in [2.45, 2.75) is 13.0 Å². The summed E-state index contributed by atoms with van der Waals surface area (Å²) in [5.41, 5.74) is 1.66. The van der Waals surface area contributed by atoms with Crippen molar-refractivity contribution < 1.29 is 14.6 Å². The standard InChI is InChI=1S/C18H18N2O3/c1-13-5-4-7-16(9-13)23-12-15(21)11-20-18(22)17-8-3-2-6-14(17)10-19/h2-9,15,21H,11-12H2,1H3,(H,20,22). The van der Waals surface area contributed by atoms with Gasteiger partial charge in [0.25, 0.3) is 5.91 Å². The van der Waals surface area contributed by atoms with Crippen molar-refractivity contribution in [3.63, 3.8) is 0 Å². The first-order valence-corrected chi connectivity index (χ1v) is 7.25. The molecule has 0 saturated carbocycles. The highest BCUT2D eigenvalue weighted by Crippen LogP contribution is 2.12. The van der Waals surface area contributed by atoms with Crippen molar-refractivity contribution >= 4 is 5.91 Å². The van der Waals surface area contributed by atoms with Gasteiger partial charge in [0.05, 0.1) is 17.2 Å². The molecule has 0 bridgehead atoms. The predicted octanol–water partition coefficient (Wildman–Crippen LogP) is 2.04. The second kappa shape index (κ2) is 7.97. The average molecular weight is 310 g/mol. The Morgan fingerprint density at radius 1 is 1.30 bits per heavy atom. The largest absolute Gasteiger partial charge is 0.491 e. The Balaban J connectivity index is 1.83. The van der Waals surface area contributed by atoms with E-state index in [1.807, 2.05) is 37.3 Å². The van der Waals surface area contributed by atoms with E-state index in [9.17, 15) is 9.90 Å². The van der Waals surface area contributed by atoms with Crippen LogP contribution < -0.4 is 10.1 Å². The smallest absolute Gasteiger partial charge is 0.252 e. The molecule has 0 radical (unpaired) electrons. The van der Waals surface area contributed by atoms with Crippen LogP contribution in [0.4, 0.5) is 0 Å². The highest BCUT2D eigenvalue weighted by molar-refractivity contribution is 5.96. The van der Waals surface area contributed by atoms with Gasteiger partial charge in [-0.15, -0.1) is 0 Å². The molecular weight excluding hydrogens is 292 g/mol. The summed E-state index contributed by atoms with van der Waals surface area (Å²) < 4.78 is 5.48. The Morgan fingerprint density at radius 2 is 2.09 bits per heavy atom. The number of rotatable bonds is 6. The zero-order valence-electron chi connectivity index (χ0n) is 12.8. The van der Waals surface area contributed by atoms with Gasteiger partial charge in [0.15, 0.2) is 0 Å². The van der Waals surface area contributed by atoms with Crippen LogP contribution in [0.1, 0.15) is 21.5 Å². The van der Waals surface area contributed by atoms with Crippen LogP contribution in [0.15, 0.2) is 48.5 Å². The van der Waals surface area contributed by atoms with Crippen molar-refractivity contribution in [2.24, 2.45) is 0 Å². The summed E-state index contributed by atoms with van der Waals surface area (Å²) in [6, 6.07) is 16.0. The molecule has 0 aliphatic carbocycles. The van der Waals surface area contributed by atoms with Gasteiger partial charge in [0.2, 0.25) is 0 Å². The molecule has 0 aliphatic rings. The monoisotopic (exact) mass is 310 g/mol. The van der Waals surface area contributed by atoms with Crippen LogP contribution in [0.3, 0.4) is 0 Å². The molecule has 2 aromatic carbocycles. The number of hydrogen-bond donors (Lipinski definition) is 2. The number of aliphatic hydroxyl groups is 1. The fourth-order valence-corrected chi connectivity index (χ4v) is 2.04. The summed E-state index contributed by atoms with van der Waals surface area (Å²) in [5, 5.41) is 21.5. The molecule has 0 spiro atoms. The van der Waals surface area contributed by atoms with Crippen LogP contribution >= 0.6 is 0 Å². The van der Waals surface area contributed by atoms with Gasteiger partial charge in [-0.2, -0.15) is 5.26 Å². The van der Waals surface area contributed by atoms with E-state index in [-0.39, 0.29) is 13.2 Å². The molecule has 118 valence electrons. The van der Waals surface area contributed by atoms with Crippen molar-refractivity contribution in [2.75, 3.05) is 13.2 Å². The van der Waals surface area contributed by atoms with Gasteiger partial charge < -0.3 is 15.2 Å². The number of carbonyl (C=O) groups is 1. The molecule has 0 saturated heterocycles. The fraction of sp³-hybridized carbons (Fsp3) is 0.222. The molecule has 5 nitrogen and oxygen atoms in total.